The standard InChI is InChI=1S/C8H17N.2C8H11N.C7H9N/c3*1-6-4-7(2)9-8(3)5-6;1-6-4-3-5-7(2)8-6/h6-9H,4-5H2,1-3H3;2*4-5H,1-3H3;3-5H,1-2H3/t6?,7-,8+;;;. The average Bonchev–Trinajstić information content (AvgIpc) is 2.66. The van der Waals surface area contributed by atoms with E-state index in [0.29, 0.717) is 0 Å². The third-order valence-corrected chi connectivity index (χ3v) is 5.56. The third-order valence-electron chi connectivity index (χ3n) is 5.56. The van der Waals surface area contributed by atoms with E-state index in [4.69, 9.17) is 0 Å². The van der Waals surface area contributed by atoms with Gasteiger partial charge in [-0.15, -0.1) is 0 Å². The van der Waals surface area contributed by atoms with Gasteiger partial charge in [0.2, 0.25) is 0 Å². The zero-order valence-corrected chi connectivity index (χ0v) is 24.0. The predicted octanol–water partition coefficient (Wildman–Crippen LogP) is 7.50. The Morgan fingerprint density at radius 2 is 0.857 bits per heavy atom. The molecule has 0 amide bonds. The lowest BCUT2D eigenvalue weighted by Crippen LogP contribution is -2.41. The molecule has 1 aliphatic rings. The summed E-state index contributed by atoms with van der Waals surface area (Å²) in [5.74, 6) is 0.927. The Hall–Kier alpha value is -2.59. The van der Waals surface area contributed by atoms with Gasteiger partial charge in [-0.3, -0.25) is 15.0 Å². The highest BCUT2D eigenvalue weighted by Gasteiger charge is 2.18. The van der Waals surface area contributed by atoms with Crippen molar-refractivity contribution in [3.63, 3.8) is 0 Å². The molecule has 0 radical (unpaired) electrons. The molecule has 0 aliphatic carbocycles. The topological polar surface area (TPSA) is 50.7 Å². The second-order valence-corrected chi connectivity index (χ2v) is 10.3. The van der Waals surface area contributed by atoms with Crippen molar-refractivity contribution in [3.8, 4) is 0 Å². The van der Waals surface area contributed by atoms with E-state index in [9.17, 15) is 0 Å². The van der Waals surface area contributed by atoms with Crippen LogP contribution in [-0.2, 0) is 0 Å². The minimum Gasteiger partial charge on any atom is -0.312 e. The number of piperidine rings is 1. The monoisotopic (exact) mass is 476 g/mol. The molecule has 3 aromatic heterocycles. The first-order valence-electron chi connectivity index (χ1n) is 12.8. The molecule has 0 saturated carbocycles. The highest BCUT2D eigenvalue weighted by Crippen LogP contribution is 2.18. The Morgan fingerprint density at radius 3 is 1.09 bits per heavy atom. The van der Waals surface area contributed by atoms with E-state index in [-0.39, 0.29) is 0 Å². The summed E-state index contributed by atoms with van der Waals surface area (Å²) in [6, 6.07) is 15.8. The van der Waals surface area contributed by atoms with Crippen LogP contribution in [0.4, 0.5) is 0 Å². The summed E-state index contributed by atoms with van der Waals surface area (Å²) in [7, 11) is 0. The molecule has 1 aliphatic heterocycles. The highest BCUT2D eigenvalue weighted by atomic mass is 14.9. The smallest absolute Gasteiger partial charge is 0.0378 e. The largest absolute Gasteiger partial charge is 0.312 e. The predicted molar refractivity (Wildman–Crippen MR) is 151 cm³/mol. The van der Waals surface area contributed by atoms with Gasteiger partial charge < -0.3 is 5.32 Å². The lowest BCUT2D eigenvalue weighted by molar-refractivity contribution is 0.279. The van der Waals surface area contributed by atoms with Crippen LogP contribution in [0.15, 0.2) is 42.5 Å². The fourth-order valence-electron chi connectivity index (χ4n) is 4.69. The van der Waals surface area contributed by atoms with E-state index < -0.39 is 0 Å². The number of nitrogens with zero attached hydrogens (tertiary/aromatic N) is 3. The maximum atomic E-state index is 4.23. The maximum Gasteiger partial charge on any atom is 0.0378 e. The number of hydrogen-bond acceptors (Lipinski definition) is 4. The van der Waals surface area contributed by atoms with Gasteiger partial charge in [0.05, 0.1) is 0 Å². The van der Waals surface area contributed by atoms with Crippen LogP contribution >= 0.6 is 0 Å². The maximum absolute atomic E-state index is 4.23. The van der Waals surface area contributed by atoms with E-state index in [1.165, 1.54) is 24.0 Å². The van der Waals surface area contributed by atoms with Gasteiger partial charge in [0.15, 0.2) is 0 Å². The Morgan fingerprint density at radius 1 is 0.543 bits per heavy atom. The molecule has 1 saturated heterocycles. The Kier molecular flexibility index (Phi) is 13.4. The fraction of sp³-hybridized carbons (Fsp3) is 0.516. The summed E-state index contributed by atoms with van der Waals surface area (Å²) in [5.41, 5.74) is 9.18. The molecule has 35 heavy (non-hydrogen) atoms. The van der Waals surface area contributed by atoms with Crippen molar-refractivity contribution in [1.82, 2.24) is 20.3 Å². The number of rotatable bonds is 0. The molecule has 4 rings (SSSR count). The number of aryl methyl sites for hydroxylation is 8. The van der Waals surface area contributed by atoms with Crippen molar-refractivity contribution in [1.29, 1.82) is 0 Å². The van der Waals surface area contributed by atoms with Crippen LogP contribution in [-0.4, -0.2) is 27.0 Å². The SMILES string of the molecule is CC1C[C@@H](C)N[C@@H](C)C1.Cc1cc(C)nc(C)c1.Cc1cc(C)nc(C)c1.Cc1cccc(C)n1. The van der Waals surface area contributed by atoms with E-state index in [1.54, 1.807) is 0 Å². The lowest BCUT2D eigenvalue weighted by Gasteiger charge is -2.30. The zero-order valence-electron chi connectivity index (χ0n) is 24.0. The summed E-state index contributed by atoms with van der Waals surface area (Å²) < 4.78 is 0. The Bertz CT molecular complexity index is 836. The quantitative estimate of drug-likeness (QED) is 0.365. The zero-order chi connectivity index (χ0) is 26.5. The molecule has 0 bridgehead atoms. The normalized spacial score (nSPS) is 18.7. The molecular formula is C31H48N4. The molecule has 4 heterocycles. The molecule has 0 spiro atoms. The van der Waals surface area contributed by atoms with Gasteiger partial charge in [0.1, 0.15) is 0 Å². The van der Waals surface area contributed by atoms with Crippen molar-refractivity contribution in [2.75, 3.05) is 0 Å². The van der Waals surface area contributed by atoms with Crippen LogP contribution in [0.25, 0.3) is 0 Å². The fourth-order valence-corrected chi connectivity index (χ4v) is 4.69. The molecule has 3 atom stereocenters. The van der Waals surface area contributed by atoms with Crippen LogP contribution in [0, 0.1) is 61.3 Å². The molecule has 192 valence electrons. The van der Waals surface area contributed by atoms with Crippen LogP contribution in [0.2, 0.25) is 0 Å². The highest BCUT2D eigenvalue weighted by molar-refractivity contribution is 5.18. The second kappa shape index (κ2) is 15.4. The average molecular weight is 477 g/mol. The van der Waals surface area contributed by atoms with Gasteiger partial charge in [0, 0.05) is 46.2 Å². The first-order chi connectivity index (χ1) is 16.3. The van der Waals surface area contributed by atoms with Crippen LogP contribution in [0.1, 0.15) is 78.9 Å². The number of nitrogens with one attached hydrogen (secondary N) is 1. The summed E-state index contributed by atoms with van der Waals surface area (Å²) >= 11 is 0. The van der Waals surface area contributed by atoms with Gasteiger partial charge in [0.25, 0.3) is 0 Å². The van der Waals surface area contributed by atoms with Crippen molar-refractivity contribution < 1.29 is 0 Å². The van der Waals surface area contributed by atoms with Gasteiger partial charge in [-0.1, -0.05) is 13.0 Å². The van der Waals surface area contributed by atoms with Gasteiger partial charge in [-0.2, -0.15) is 0 Å². The minimum absolute atomic E-state index is 0.740. The van der Waals surface area contributed by atoms with E-state index in [1.807, 2.05) is 59.7 Å². The van der Waals surface area contributed by atoms with E-state index in [2.05, 4.69) is 79.2 Å². The Balaban J connectivity index is 0.000000234. The summed E-state index contributed by atoms with van der Waals surface area (Å²) in [6.07, 6.45) is 2.70. The molecule has 1 unspecified atom stereocenters. The van der Waals surface area contributed by atoms with Crippen LogP contribution in [0.3, 0.4) is 0 Å². The van der Waals surface area contributed by atoms with Gasteiger partial charge in [-0.25, -0.2) is 0 Å². The third kappa shape index (κ3) is 14.4. The summed E-state index contributed by atoms with van der Waals surface area (Å²) in [5, 5.41) is 3.51. The van der Waals surface area contributed by atoms with Crippen LogP contribution in [0.5, 0.6) is 0 Å². The van der Waals surface area contributed by atoms with Crippen molar-refractivity contribution in [2.24, 2.45) is 5.92 Å². The van der Waals surface area contributed by atoms with Crippen molar-refractivity contribution in [2.45, 2.75) is 101 Å². The molecule has 3 aromatic rings. The number of aromatic nitrogens is 3. The van der Waals surface area contributed by atoms with E-state index in [0.717, 1.165) is 52.2 Å². The van der Waals surface area contributed by atoms with Crippen molar-refractivity contribution in [3.05, 3.63) is 87.8 Å². The van der Waals surface area contributed by atoms with Crippen molar-refractivity contribution >= 4 is 0 Å². The molecule has 4 heteroatoms. The molecular weight excluding hydrogens is 428 g/mol. The molecule has 1 fully saturated rings. The molecule has 1 N–H and O–H groups in total. The lowest BCUT2D eigenvalue weighted by atomic mass is 9.91. The molecule has 4 nitrogen and oxygen atoms in total. The van der Waals surface area contributed by atoms with Gasteiger partial charge >= 0.3 is 0 Å². The van der Waals surface area contributed by atoms with Crippen LogP contribution < -0.4 is 5.32 Å². The first kappa shape index (κ1) is 30.4. The van der Waals surface area contributed by atoms with E-state index >= 15 is 0 Å². The molecule has 0 aromatic carbocycles. The summed E-state index contributed by atoms with van der Waals surface area (Å²) in [4.78, 5) is 12.6. The first-order valence-corrected chi connectivity index (χ1v) is 12.8. The summed E-state index contributed by atoms with van der Waals surface area (Å²) in [6.45, 7) is 23.1. The van der Waals surface area contributed by atoms with Gasteiger partial charge in [-0.05, 0) is 136 Å². The number of pyridine rings is 3. The number of hydrogen-bond donors (Lipinski definition) is 1. The minimum atomic E-state index is 0.740. The second-order valence-electron chi connectivity index (χ2n) is 10.3. The Labute approximate surface area is 215 Å².